The lowest BCUT2D eigenvalue weighted by Gasteiger charge is -2.21. The summed E-state index contributed by atoms with van der Waals surface area (Å²) < 4.78 is 10.8. The number of nitrogens with one attached hydrogen (secondary N) is 2. The lowest BCUT2D eigenvalue weighted by molar-refractivity contribution is 0.405. The van der Waals surface area contributed by atoms with E-state index in [9.17, 15) is 0 Å². The van der Waals surface area contributed by atoms with Crippen LogP contribution in [-0.4, -0.2) is 29.7 Å². The first-order chi connectivity index (χ1) is 13.4. The summed E-state index contributed by atoms with van der Waals surface area (Å²) in [4.78, 5) is 9.33. The molecule has 0 saturated heterocycles. The summed E-state index contributed by atoms with van der Waals surface area (Å²) in [6.45, 7) is 6.22. The summed E-state index contributed by atoms with van der Waals surface area (Å²) in [6, 6.07) is 17.5. The smallest absolute Gasteiger partial charge is 0.225 e. The maximum Gasteiger partial charge on any atom is 0.225 e. The van der Waals surface area contributed by atoms with E-state index in [4.69, 9.17) is 9.47 Å². The van der Waals surface area contributed by atoms with Gasteiger partial charge < -0.3 is 20.1 Å². The van der Waals surface area contributed by atoms with E-state index >= 15 is 0 Å². The van der Waals surface area contributed by atoms with Gasteiger partial charge in [0.05, 0.1) is 25.6 Å². The van der Waals surface area contributed by atoms with E-state index in [2.05, 4.69) is 41.4 Å². The Morgan fingerprint density at radius 1 is 0.857 bits per heavy atom. The quantitative estimate of drug-likeness (QED) is 0.621. The molecule has 3 aromatic rings. The number of anilines is 3. The Balaban J connectivity index is 2.04. The van der Waals surface area contributed by atoms with Gasteiger partial charge in [-0.15, -0.1) is 0 Å². The second-order valence-electron chi connectivity index (χ2n) is 7.39. The minimum atomic E-state index is -0.166. The van der Waals surface area contributed by atoms with Crippen LogP contribution in [0.5, 0.6) is 11.5 Å². The van der Waals surface area contributed by atoms with Gasteiger partial charge in [0.15, 0.2) is 0 Å². The van der Waals surface area contributed by atoms with Crippen LogP contribution in [0.2, 0.25) is 0 Å². The monoisotopic (exact) mass is 378 g/mol. The minimum Gasteiger partial charge on any atom is -0.497 e. The molecule has 6 nitrogen and oxygen atoms in total. The molecule has 1 heterocycles. The fourth-order valence-electron chi connectivity index (χ4n) is 2.71. The molecular weight excluding hydrogens is 352 g/mol. The Morgan fingerprint density at radius 2 is 1.61 bits per heavy atom. The van der Waals surface area contributed by atoms with Gasteiger partial charge >= 0.3 is 0 Å². The van der Waals surface area contributed by atoms with Gasteiger partial charge in [-0.3, -0.25) is 0 Å². The number of hydrogen-bond donors (Lipinski definition) is 2. The molecule has 0 aliphatic carbocycles. The highest BCUT2D eigenvalue weighted by molar-refractivity contribution is 5.71. The number of ether oxygens (including phenoxy) is 2. The van der Waals surface area contributed by atoms with Gasteiger partial charge in [-0.05, 0) is 32.9 Å². The van der Waals surface area contributed by atoms with Crippen molar-refractivity contribution in [1.29, 1.82) is 0 Å². The Morgan fingerprint density at radius 3 is 2.25 bits per heavy atom. The topological polar surface area (TPSA) is 68.3 Å². The maximum absolute atomic E-state index is 5.47. The van der Waals surface area contributed by atoms with Crippen molar-refractivity contribution >= 4 is 17.5 Å². The van der Waals surface area contributed by atoms with Crippen LogP contribution < -0.4 is 20.1 Å². The zero-order valence-electron chi connectivity index (χ0n) is 16.9. The van der Waals surface area contributed by atoms with Gasteiger partial charge in [-0.1, -0.05) is 30.3 Å². The normalized spacial score (nSPS) is 11.0. The second-order valence-corrected chi connectivity index (χ2v) is 7.39. The van der Waals surface area contributed by atoms with Gasteiger partial charge in [0, 0.05) is 23.2 Å². The maximum atomic E-state index is 5.47. The molecule has 0 aliphatic heterocycles. The van der Waals surface area contributed by atoms with E-state index in [0.29, 0.717) is 17.5 Å². The summed E-state index contributed by atoms with van der Waals surface area (Å²) in [6.07, 6.45) is 0. The highest BCUT2D eigenvalue weighted by Gasteiger charge is 2.15. The third-order valence-corrected chi connectivity index (χ3v) is 3.95. The Kier molecular flexibility index (Phi) is 5.68. The van der Waals surface area contributed by atoms with E-state index in [1.165, 1.54) is 0 Å². The number of methoxy groups -OCH3 is 2. The summed E-state index contributed by atoms with van der Waals surface area (Å²) in [7, 11) is 3.27. The molecule has 0 amide bonds. The molecule has 1 aromatic heterocycles. The molecular formula is C22H26N4O2. The summed E-state index contributed by atoms with van der Waals surface area (Å²) in [5.74, 6) is 2.64. The summed E-state index contributed by atoms with van der Waals surface area (Å²) >= 11 is 0. The predicted molar refractivity (Wildman–Crippen MR) is 114 cm³/mol. The summed E-state index contributed by atoms with van der Waals surface area (Å²) in [5, 5.41) is 6.69. The molecule has 0 atom stereocenters. The summed E-state index contributed by atoms with van der Waals surface area (Å²) in [5.41, 5.74) is 2.44. The van der Waals surface area contributed by atoms with Gasteiger partial charge in [0.25, 0.3) is 0 Å². The number of nitrogens with zero attached hydrogens (tertiary/aromatic N) is 2. The van der Waals surface area contributed by atoms with Gasteiger partial charge in [-0.25, -0.2) is 4.98 Å². The van der Waals surface area contributed by atoms with Crippen LogP contribution in [0.4, 0.5) is 17.5 Å². The van der Waals surface area contributed by atoms with Crippen LogP contribution in [0.25, 0.3) is 11.3 Å². The number of hydrogen-bond acceptors (Lipinski definition) is 6. The van der Waals surface area contributed by atoms with Crippen molar-refractivity contribution < 1.29 is 9.47 Å². The molecule has 0 fully saturated rings. The van der Waals surface area contributed by atoms with E-state index in [0.717, 1.165) is 22.7 Å². The molecule has 2 N–H and O–H groups in total. The minimum absolute atomic E-state index is 0.166. The molecule has 0 radical (unpaired) electrons. The van der Waals surface area contributed by atoms with Crippen LogP contribution in [0, 0.1) is 0 Å². The average molecular weight is 378 g/mol. The molecule has 28 heavy (non-hydrogen) atoms. The van der Waals surface area contributed by atoms with Gasteiger partial charge in [0.1, 0.15) is 17.3 Å². The molecule has 0 spiro atoms. The first-order valence-electron chi connectivity index (χ1n) is 9.10. The third kappa shape index (κ3) is 4.91. The zero-order valence-corrected chi connectivity index (χ0v) is 16.9. The highest BCUT2D eigenvalue weighted by atomic mass is 16.5. The van der Waals surface area contributed by atoms with Crippen molar-refractivity contribution in [2.24, 2.45) is 0 Å². The number of rotatable bonds is 6. The molecule has 0 bridgehead atoms. The Labute approximate surface area is 166 Å². The van der Waals surface area contributed by atoms with Crippen molar-refractivity contribution in [3.63, 3.8) is 0 Å². The van der Waals surface area contributed by atoms with E-state index in [1.807, 2.05) is 54.6 Å². The first-order valence-corrected chi connectivity index (χ1v) is 9.10. The third-order valence-electron chi connectivity index (χ3n) is 3.95. The lowest BCUT2D eigenvalue weighted by Crippen LogP contribution is -2.27. The number of aromatic nitrogens is 2. The molecule has 3 rings (SSSR count). The second kappa shape index (κ2) is 8.17. The molecule has 0 saturated carbocycles. The van der Waals surface area contributed by atoms with E-state index < -0.39 is 0 Å². The van der Waals surface area contributed by atoms with E-state index in [-0.39, 0.29) is 5.54 Å². The molecule has 0 unspecified atom stereocenters. The van der Waals surface area contributed by atoms with Crippen LogP contribution >= 0.6 is 0 Å². The SMILES string of the molecule is COc1ccc(OC)c(Nc2cc(-c3ccccc3)nc(NC(C)(C)C)n2)c1. The van der Waals surface area contributed by atoms with Crippen LogP contribution in [0.1, 0.15) is 20.8 Å². The highest BCUT2D eigenvalue weighted by Crippen LogP contribution is 2.32. The average Bonchev–Trinajstić information content (AvgIpc) is 2.67. The Hall–Kier alpha value is -3.28. The van der Waals surface area contributed by atoms with Crippen molar-refractivity contribution in [3.05, 3.63) is 54.6 Å². The molecule has 0 aliphatic rings. The van der Waals surface area contributed by atoms with Crippen molar-refractivity contribution in [1.82, 2.24) is 9.97 Å². The van der Waals surface area contributed by atoms with Crippen molar-refractivity contribution in [2.75, 3.05) is 24.9 Å². The van der Waals surface area contributed by atoms with Gasteiger partial charge in [-0.2, -0.15) is 4.98 Å². The van der Waals surface area contributed by atoms with Crippen molar-refractivity contribution in [2.45, 2.75) is 26.3 Å². The Bertz CT molecular complexity index is 937. The first kappa shape index (κ1) is 19.5. The van der Waals surface area contributed by atoms with Crippen molar-refractivity contribution in [3.8, 4) is 22.8 Å². The molecule has 2 aromatic carbocycles. The molecule has 146 valence electrons. The standard InChI is InChI=1S/C22H26N4O2/c1-22(2,3)26-21-24-17(15-9-7-6-8-10-15)14-20(25-21)23-18-13-16(27-4)11-12-19(18)28-5/h6-14H,1-5H3,(H2,23,24,25,26). The largest absolute Gasteiger partial charge is 0.497 e. The fraction of sp³-hybridized carbons (Fsp3) is 0.273. The van der Waals surface area contributed by atoms with Crippen LogP contribution in [-0.2, 0) is 0 Å². The van der Waals surface area contributed by atoms with Crippen LogP contribution in [0.15, 0.2) is 54.6 Å². The fourth-order valence-corrected chi connectivity index (χ4v) is 2.71. The lowest BCUT2D eigenvalue weighted by atomic mass is 10.1. The predicted octanol–water partition coefficient (Wildman–Crippen LogP) is 5.11. The van der Waals surface area contributed by atoms with E-state index in [1.54, 1.807) is 14.2 Å². The van der Waals surface area contributed by atoms with Crippen LogP contribution in [0.3, 0.4) is 0 Å². The number of benzene rings is 2. The molecule has 6 heteroatoms. The zero-order chi connectivity index (χ0) is 20.1. The van der Waals surface area contributed by atoms with Gasteiger partial charge in [0.2, 0.25) is 5.95 Å².